The summed E-state index contributed by atoms with van der Waals surface area (Å²) in [5.74, 6) is 0. The van der Waals surface area contributed by atoms with Crippen molar-refractivity contribution in [2.75, 3.05) is 50.1 Å². The molecule has 10 heteroatoms. The number of benzene rings is 1. The highest BCUT2D eigenvalue weighted by atomic mass is 32.2. The van der Waals surface area contributed by atoms with E-state index in [0.29, 0.717) is 44.2 Å². The van der Waals surface area contributed by atoms with Crippen LogP contribution in [0, 0.1) is 0 Å². The molecule has 9 nitrogen and oxygen atoms in total. The largest absolute Gasteiger partial charge is 0.381 e. The average Bonchev–Trinajstić information content (AvgIpc) is 3.33. The van der Waals surface area contributed by atoms with Crippen molar-refractivity contribution in [3.8, 4) is 0 Å². The van der Waals surface area contributed by atoms with Gasteiger partial charge in [-0.05, 0) is 43.9 Å². The minimum Gasteiger partial charge on any atom is -0.381 e. The highest BCUT2D eigenvalue weighted by Gasteiger charge is 2.27. The van der Waals surface area contributed by atoms with Crippen LogP contribution < -0.4 is 16.0 Å². The van der Waals surface area contributed by atoms with E-state index < -0.39 is 10.0 Å². The zero-order chi connectivity index (χ0) is 22.4. The number of morpholine rings is 1. The van der Waals surface area contributed by atoms with Crippen molar-refractivity contribution in [2.45, 2.75) is 62.0 Å². The van der Waals surface area contributed by atoms with Gasteiger partial charge in [-0.25, -0.2) is 13.2 Å². The van der Waals surface area contributed by atoms with E-state index in [4.69, 9.17) is 9.47 Å². The number of nitrogens with one attached hydrogen (secondary N) is 3. The van der Waals surface area contributed by atoms with Crippen molar-refractivity contribution in [3.05, 3.63) is 18.2 Å². The van der Waals surface area contributed by atoms with Crippen LogP contribution in [0.4, 0.5) is 16.2 Å². The third-order valence-electron chi connectivity index (χ3n) is 6.33. The van der Waals surface area contributed by atoms with Crippen LogP contribution in [0.2, 0.25) is 0 Å². The molecule has 2 saturated heterocycles. The Hall–Kier alpha value is -1.88. The maximum Gasteiger partial charge on any atom is 0.319 e. The molecule has 1 aromatic carbocycles. The first kappa shape index (κ1) is 23.3. The number of carbonyl (C=O) groups is 1. The number of ether oxygens (including phenoxy) is 2. The number of rotatable bonds is 7. The Balaban J connectivity index is 1.51. The molecule has 2 heterocycles. The predicted octanol–water partition coefficient (Wildman–Crippen LogP) is 2.75. The molecule has 0 bridgehead atoms. The second-order valence-corrected chi connectivity index (χ2v) is 10.6. The van der Waals surface area contributed by atoms with E-state index in [1.165, 1.54) is 10.7 Å². The van der Waals surface area contributed by atoms with Crippen LogP contribution in [0.5, 0.6) is 0 Å². The Bertz CT molecular complexity index is 876. The molecule has 1 atom stereocenters. The summed E-state index contributed by atoms with van der Waals surface area (Å²) in [7, 11) is -3.67. The second-order valence-electron chi connectivity index (χ2n) is 8.67. The first-order chi connectivity index (χ1) is 15.5. The van der Waals surface area contributed by atoms with Gasteiger partial charge in [0.15, 0.2) is 0 Å². The molecule has 4 rings (SSSR count). The maximum atomic E-state index is 13.1. The van der Waals surface area contributed by atoms with E-state index in [2.05, 4.69) is 16.0 Å². The molecule has 0 aromatic heterocycles. The molecule has 1 aromatic rings. The summed E-state index contributed by atoms with van der Waals surface area (Å²) in [6.45, 7) is 2.79. The van der Waals surface area contributed by atoms with Crippen molar-refractivity contribution in [1.29, 1.82) is 0 Å². The summed E-state index contributed by atoms with van der Waals surface area (Å²) in [4.78, 5) is 12.9. The van der Waals surface area contributed by atoms with Gasteiger partial charge < -0.3 is 25.4 Å². The lowest BCUT2D eigenvalue weighted by atomic mass is 9.96. The van der Waals surface area contributed by atoms with Crippen molar-refractivity contribution in [2.24, 2.45) is 0 Å². The summed E-state index contributed by atoms with van der Waals surface area (Å²) >= 11 is 0. The second kappa shape index (κ2) is 10.8. The lowest BCUT2D eigenvalue weighted by molar-refractivity contribution is 0.0730. The zero-order valence-electron chi connectivity index (χ0n) is 18.5. The van der Waals surface area contributed by atoms with Crippen LogP contribution in [-0.2, 0) is 19.5 Å². The Morgan fingerprint density at radius 2 is 1.78 bits per heavy atom. The molecule has 2 amide bonds. The van der Waals surface area contributed by atoms with E-state index in [9.17, 15) is 13.2 Å². The van der Waals surface area contributed by atoms with Crippen molar-refractivity contribution >= 4 is 27.4 Å². The molecule has 3 aliphatic rings. The van der Waals surface area contributed by atoms with Gasteiger partial charge in [-0.15, -0.1) is 0 Å². The number of amides is 2. The molecular formula is C22H34N4O5S. The SMILES string of the molecule is O=C(Nc1cc(S(=O)(=O)N2CCOCC2)ccc1NCC1CCCO1)NC1CCCCC1. The number of sulfonamides is 1. The maximum absolute atomic E-state index is 13.1. The Kier molecular flexibility index (Phi) is 7.88. The molecule has 1 unspecified atom stereocenters. The molecule has 1 aliphatic carbocycles. The van der Waals surface area contributed by atoms with Gasteiger partial charge in [0.25, 0.3) is 0 Å². The zero-order valence-corrected chi connectivity index (χ0v) is 19.3. The number of carbonyl (C=O) groups excluding carboxylic acids is 1. The predicted molar refractivity (Wildman–Crippen MR) is 123 cm³/mol. The summed E-state index contributed by atoms with van der Waals surface area (Å²) < 4.78 is 38.6. The van der Waals surface area contributed by atoms with E-state index in [-0.39, 0.29) is 23.1 Å². The lowest BCUT2D eigenvalue weighted by Crippen LogP contribution is -2.40. The van der Waals surface area contributed by atoms with Gasteiger partial charge in [-0.2, -0.15) is 4.31 Å². The summed E-state index contributed by atoms with van der Waals surface area (Å²) in [5.41, 5.74) is 1.13. The van der Waals surface area contributed by atoms with Gasteiger partial charge in [0.2, 0.25) is 10.0 Å². The van der Waals surface area contributed by atoms with E-state index in [1.807, 2.05) is 0 Å². The fourth-order valence-electron chi connectivity index (χ4n) is 4.50. The molecule has 3 N–H and O–H groups in total. The molecule has 0 spiro atoms. The van der Waals surface area contributed by atoms with Crippen LogP contribution in [0.25, 0.3) is 0 Å². The monoisotopic (exact) mass is 466 g/mol. The summed E-state index contributed by atoms with van der Waals surface area (Å²) in [6, 6.07) is 4.71. The van der Waals surface area contributed by atoms with Gasteiger partial charge in [-0.3, -0.25) is 0 Å². The first-order valence-corrected chi connectivity index (χ1v) is 13.1. The van der Waals surface area contributed by atoms with Crippen molar-refractivity contribution < 1.29 is 22.7 Å². The smallest absolute Gasteiger partial charge is 0.319 e. The van der Waals surface area contributed by atoms with Crippen molar-refractivity contribution in [3.63, 3.8) is 0 Å². The molecule has 0 radical (unpaired) electrons. The van der Waals surface area contributed by atoms with Crippen LogP contribution in [0.15, 0.2) is 23.1 Å². The highest BCUT2D eigenvalue weighted by molar-refractivity contribution is 7.89. The third kappa shape index (κ3) is 5.92. The Morgan fingerprint density at radius 3 is 2.50 bits per heavy atom. The van der Waals surface area contributed by atoms with Crippen LogP contribution in [0.1, 0.15) is 44.9 Å². The first-order valence-electron chi connectivity index (χ1n) is 11.7. The number of nitrogens with zero attached hydrogens (tertiary/aromatic N) is 1. The Morgan fingerprint density at radius 1 is 1.00 bits per heavy atom. The standard InChI is InChI=1S/C22H34N4O5S/c27-22(24-17-5-2-1-3-6-17)25-21-15-19(32(28,29)26-10-13-30-14-11-26)8-9-20(21)23-16-18-7-4-12-31-18/h8-9,15,17-18,23H,1-7,10-14,16H2,(H2,24,25,27). The minimum atomic E-state index is -3.67. The fraction of sp³-hybridized carbons (Fsp3) is 0.682. The fourth-order valence-corrected chi connectivity index (χ4v) is 5.93. The molecule has 178 valence electrons. The Labute approximate surface area is 190 Å². The van der Waals surface area contributed by atoms with Crippen LogP contribution in [0.3, 0.4) is 0 Å². The van der Waals surface area contributed by atoms with Gasteiger partial charge in [0, 0.05) is 32.3 Å². The number of anilines is 2. The average molecular weight is 467 g/mol. The van der Waals surface area contributed by atoms with E-state index in [1.54, 1.807) is 18.2 Å². The quantitative estimate of drug-likeness (QED) is 0.570. The third-order valence-corrected chi connectivity index (χ3v) is 8.23. The van der Waals surface area contributed by atoms with Crippen LogP contribution in [-0.4, -0.2) is 70.4 Å². The van der Waals surface area contributed by atoms with Crippen molar-refractivity contribution in [1.82, 2.24) is 9.62 Å². The highest BCUT2D eigenvalue weighted by Crippen LogP contribution is 2.28. The number of hydrogen-bond donors (Lipinski definition) is 3. The number of urea groups is 1. The molecule has 1 saturated carbocycles. The van der Waals surface area contributed by atoms with Gasteiger partial charge in [0.05, 0.1) is 35.6 Å². The topological polar surface area (TPSA) is 109 Å². The molecule has 2 aliphatic heterocycles. The molecular weight excluding hydrogens is 432 g/mol. The van der Waals surface area contributed by atoms with E-state index in [0.717, 1.165) is 45.1 Å². The van der Waals surface area contributed by atoms with Gasteiger partial charge in [0.1, 0.15) is 0 Å². The summed E-state index contributed by atoms with van der Waals surface area (Å²) in [6.07, 6.45) is 7.54. The van der Waals surface area contributed by atoms with Gasteiger partial charge in [-0.1, -0.05) is 19.3 Å². The summed E-state index contributed by atoms with van der Waals surface area (Å²) in [5, 5.41) is 9.25. The molecule has 3 fully saturated rings. The van der Waals surface area contributed by atoms with Crippen LogP contribution >= 0.6 is 0 Å². The number of hydrogen-bond acceptors (Lipinski definition) is 6. The normalized spacial score (nSPS) is 23.1. The lowest BCUT2D eigenvalue weighted by Gasteiger charge is -2.27. The minimum absolute atomic E-state index is 0.121. The molecule has 32 heavy (non-hydrogen) atoms. The van der Waals surface area contributed by atoms with Gasteiger partial charge >= 0.3 is 6.03 Å². The van der Waals surface area contributed by atoms with E-state index >= 15 is 0 Å².